The van der Waals surface area contributed by atoms with Crippen LogP contribution in [0.2, 0.25) is 0 Å². The summed E-state index contributed by atoms with van der Waals surface area (Å²) in [4.78, 5) is 14.0. The molecule has 0 radical (unpaired) electrons. The highest BCUT2D eigenvalue weighted by molar-refractivity contribution is 7.86. The number of nitrogens with one attached hydrogen (secondary N) is 1. The van der Waals surface area contributed by atoms with Crippen LogP contribution >= 0.6 is 0 Å². The van der Waals surface area contributed by atoms with Gasteiger partial charge in [0, 0.05) is 32.7 Å². The van der Waals surface area contributed by atoms with E-state index in [9.17, 15) is 17.6 Å². The van der Waals surface area contributed by atoms with Gasteiger partial charge in [0.2, 0.25) is 5.91 Å². The van der Waals surface area contributed by atoms with E-state index < -0.39 is 15.9 Å². The van der Waals surface area contributed by atoms with Crippen molar-refractivity contribution < 1.29 is 17.6 Å². The van der Waals surface area contributed by atoms with Gasteiger partial charge in [0.05, 0.1) is 18.8 Å². The summed E-state index contributed by atoms with van der Waals surface area (Å²) in [6, 6.07) is 6.40. The molecule has 1 N–H and O–H groups in total. The Labute approximate surface area is 147 Å². The van der Waals surface area contributed by atoms with Gasteiger partial charge >= 0.3 is 0 Å². The SMILES string of the molecule is CN(C)S(=O)(=O)N1CCC2(CC1)NCC(=O)N2Cc1ccccc1F. The van der Waals surface area contributed by atoms with Gasteiger partial charge in [-0.25, -0.2) is 4.39 Å². The first kappa shape index (κ1) is 18.2. The first-order chi connectivity index (χ1) is 11.8. The zero-order valence-corrected chi connectivity index (χ0v) is 15.2. The van der Waals surface area contributed by atoms with E-state index in [4.69, 9.17) is 0 Å². The van der Waals surface area contributed by atoms with Crippen LogP contribution in [0.4, 0.5) is 4.39 Å². The normalized spacial score (nSPS) is 21.4. The molecular formula is C16H23FN4O3S. The average Bonchev–Trinajstić information content (AvgIpc) is 2.87. The quantitative estimate of drug-likeness (QED) is 0.831. The van der Waals surface area contributed by atoms with Crippen molar-refractivity contribution in [3.8, 4) is 0 Å². The second-order valence-electron chi connectivity index (χ2n) is 6.65. The highest BCUT2D eigenvalue weighted by Crippen LogP contribution is 2.33. The Bertz CT molecular complexity index is 760. The lowest BCUT2D eigenvalue weighted by Gasteiger charge is -2.44. The predicted molar refractivity (Wildman–Crippen MR) is 91.1 cm³/mol. The lowest BCUT2D eigenvalue weighted by atomic mass is 9.96. The Morgan fingerprint density at radius 2 is 1.88 bits per heavy atom. The maximum atomic E-state index is 14.0. The summed E-state index contributed by atoms with van der Waals surface area (Å²) in [6.45, 7) is 0.997. The molecule has 1 aromatic carbocycles. The summed E-state index contributed by atoms with van der Waals surface area (Å²) in [5, 5.41) is 3.23. The molecule has 1 amide bonds. The van der Waals surface area contributed by atoms with E-state index in [-0.39, 0.29) is 24.8 Å². The summed E-state index contributed by atoms with van der Waals surface area (Å²) in [5.41, 5.74) is -0.153. The van der Waals surface area contributed by atoms with Crippen molar-refractivity contribution in [2.24, 2.45) is 0 Å². The van der Waals surface area contributed by atoms with Crippen LogP contribution in [0.5, 0.6) is 0 Å². The fourth-order valence-corrected chi connectivity index (χ4v) is 4.58. The van der Waals surface area contributed by atoms with Crippen molar-refractivity contribution in [3.63, 3.8) is 0 Å². The molecule has 2 saturated heterocycles. The second kappa shape index (κ2) is 6.64. The Morgan fingerprint density at radius 1 is 1.24 bits per heavy atom. The van der Waals surface area contributed by atoms with Gasteiger partial charge in [0.25, 0.3) is 10.2 Å². The molecule has 0 aromatic heterocycles. The molecular weight excluding hydrogens is 347 g/mol. The van der Waals surface area contributed by atoms with Gasteiger partial charge in [-0.1, -0.05) is 18.2 Å². The smallest absolute Gasteiger partial charge is 0.281 e. The molecule has 1 spiro atoms. The van der Waals surface area contributed by atoms with Crippen molar-refractivity contribution in [2.45, 2.75) is 25.0 Å². The Morgan fingerprint density at radius 3 is 2.48 bits per heavy atom. The molecule has 2 aliphatic heterocycles. The third-order valence-corrected chi connectivity index (χ3v) is 6.95. The highest BCUT2D eigenvalue weighted by Gasteiger charge is 2.48. The van der Waals surface area contributed by atoms with Crippen molar-refractivity contribution in [3.05, 3.63) is 35.6 Å². The van der Waals surface area contributed by atoms with Crippen LogP contribution in [-0.2, 0) is 21.5 Å². The predicted octanol–water partition coefficient (Wildman–Crippen LogP) is 0.356. The lowest BCUT2D eigenvalue weighted by molar-refractivity contribution is -0.132. The number of piperidine rings is 1. The summed E-state index contributed by atoms with van der Waals surface area (Å²) in [6.07, 6.45) is 0.945. The summed E-state index contributed by atoms with van der Waals surface area (Å²) in [7, 11) is -0.464. The van der Waals surface area contributed by atoms with Crippen LogP contribution in [0, 0.1) is 5.82 Å². The van der Waals surface area contributed by atoms with Crippen LogP contribution in [0.3, 0.4) is 0 Å². The molecule has 0 unspecified atom stereocenters. The fourth-order valence-electron chi connectivity index (χ4n) is 3.47. The number of carbonyl (C=O) groups is 1. The molecule has 9 heteroatoms. The average molecular weight is 370 g/mol. The first-order valence-corrected chi connectivity index (χ1v) is 9.62. The van der Waals surface area contributed by atoms with Gasteiger partial charge in [-0.05, 0) is 18.9 Å². The molecule has 2 heterocycles. The lowest BCUT2D eigenvalue weighted by Crippen LogP contribution is -2.59. The molecule has 0 atom stereocenters. The third-order valence-electron chi connectivity index (χ3n) is 5.01. The maximum Gasteiger partial charge on any atom is 0.281 e. The van der Waals surface area contributed by atoms with Gasteiger partial charge in [-0.2, -0.15) is 17.0 Å². The van der Waals surface area contributed by atoms with Crippen molar-refractivity contribution in [2.75, 3.05) is 33.7 Å². The molecule has 3 rings (SSSR count). The minimum atomic E-state index is -3.47. The zero-order valence-electron chi connectivity index (χ0n) is 14.4. The number of halogens is 1. The fraction of sp³-hybridized carbons (Fsp3) is 0.562. The standard InChI is InChI=1S/C16H23FN4O3S/c1-19(2)25(23,24)20-9-7-16(8-10-20)18-11-15(22)21(16)12-13-5-3-4-6-14(13)17/h3-6,18H,7-12H2,1-2H3. The van der Waals surface area contributed by atoms with E-state index in [1.165, 1.54) is 28.8 Å². The van der Waals surface area contributed by atoms with Crippen LogP contribution in [-0.4, -0.2) is 67.2 Å². The second-order valence-corrected chi connectivity index (χ2v) is 8.79. The van der Waals surface area contributed by atoms with E-state index in [0.717, 1.165) is 0 Å². The first-order valence-electron chi connectivity index (χ1n) is 8.23. The summed E-state index contributed by atoms with van der Waals surface area (Å²) >= 11 is 0. The molecule has 1 aromatic rings. The van der Waals surface area contributed by atoms with Crippen molar-refractivity contribution in [1.82, 2.24) is 18.8 Å². The largest absolute Gasteiger partial charge is 0.319 e. The van der Waals surface area contributed by atoms with E-state index in [0.29, 0.717) is 31.5 Å². The summed E-state index contributed by atoms with van der Waals surface area (Å²) < 4.78 is 41.1. The molecule has 0 bridgehead atoms. The molecule has 2 aliphatic rings. The molecule has 0 saturated carbocycles. The minimum absolute atomic E-state index is 0.0906. The van der Waals surface area contributed by atoms with Crippen molar-refractivity contribution >= 4 is 16.1 Å². The topological polar surface area (TPSA) is 73.0 Å². The minimum Gasteiger partial charge on any atom is -0.319 e. The van der Waals surface area contributed by atoms with Gasteiger partial charge in [0.15, 0.2) is 0 Å². The van der Waals surface area contributed by atoms with Gasteiger partial charge in [-0.3, -0.25) is 10.1 Å². The molecule has 138 valence electrons. The van der Waals surface area contributed by atoms with E-state index in [1.54, 1.807) is 23.1 Å². The molecule has 0 aliphatic carbocycles. The van der Waals surface area contributed by atoms with E-state index in [1.807, 2.05) is 0 Å². The number of hydrogen-bond donors (Lipinski definition) is 1. The Kier molecular flexibility index (Phi) is 4.84. The number of amides is 1. The molecule has 2 fully saturated rings. The number of benzene rings is 1. The third kappa shape index (κ3) is 3.29. The Hall–Kier alpha value is -1.55. The van der Waals surface area contributed by atoms with Crippen molar-refractivity contribution in [1.29, 1.82) is 0 Å². The van der Waals surface area contributed by atoms with Crippen LogP contribution in [0.25, 0.3) is 0 Å². The van der Waals surface area contributed by atoms with Gasteiger partial charge in [0.1, 0.15) is 5.82 Å². The monoisotopic (exact) mass is 370 g/mol. The highest BCUT2D eigenvalue weighted by atomic mass is 32.2. The van der Waals surface area contributed by atoms with E-state index >= 15 is 0 Å². The van der Waals surface area contributed by atoms with Crippen LogP contribution in [0.15, 0.2) is 24.3 Å². The molecule has 7 nitrogen and oxygen atoms in total. The molecule has 25 heavy (non-hydrogen) atoms. The number of carbonyl (C=O) groups excluding carboxylic acids is 1. The summed E-state index contributed by atoms with van der Waals surface area (Å²) in [5.74, 6) is -0.433. The van der Waals surface area contributed by atoms with Crippen LogP contribution < -0.4 is 5.32 Å². The number of rotatable bonds is 4. The maximum absolute atomic E-state index is 14.0. The van der Waals surface area contributed by atoms with Gasteiger partial charge < -0.3 is 4.90 Å². The number of hydrogen-bond acceptors (Lipinski definition) is 4. The van der Waals surface area contributed by atoms with E-state index in [2.05, 4.69) is 5.32 Å². The Balaban J connectivity index is 1.78. The van der Waals surface area contributed by atoms with Crippen LogP contribution in [0.1, 0.15) is 18.4 Å². The van der Waals surface area contributed by atoms with Gasteiger partial charge in [-0.15, -0.1) is 0 Å². The zero-order chi connectivity index (χ0) is 18.2. The number of nitrogens with zero attached hydrogens (tertiary/aromatic N) is 3.